The lowest BCUT2D eigenvalue weighted by Crippen LogP contribution is -2.21. The van der Waals surface area contributed by atoms with Gasteiger partial charge in [-0.25, -0.2) is 4.98 Å². The van der Waals surface area contributed by atoms with Gasteiger partial charge in [0.15, 0.2) is 0 Å². The lowest BCUT2D eigenvalue weighted by molar-refractivity contribution is -0.108. The van der Waals surface area contributed by atoms with Crippen LogP contribution in [0.5, 0.6) is 0 Å². The third-order valence-corrected chi connectivity index (χ3v) is 2.23. The van der Waals surface area contributed by atoms with Crippen LogP contribution in [0.2, 0.25) is 0 Å². The largest absolute Gasteiger partial charge is 0.301 e. The minimum Gasteiger partial charge on any atom is -0.301 e. The van der Waals surface area contributed by atoms with E-state index in [2.05, 4.69) is 4.98 Å². The summed E-state index contributed by atoms with van der Waals surface area (Å²) in [6.45, 7) is -0.0350. The predicted octanol–water partition coefficient (Wildman–Crippen LogP) is 0.467. The predicted molar refractivity (Wildman–Crippen MR) is 56.8 cm³/mol. The van der Waals surface area contributed by atoms with E-state index in [0.29, 0.717) is 22.9 Å². The highest BCUT2D eigenvalue weighted by Gasteiger charge is 2.04. The molecule has 0 spiro atoms. The van der Waals surface area contributed by atoms with Crippen molar-refractivity contribution in [3.05, 3.63) is 40.3 Å². The summed E-state index contributed by atoms with van der Waals surface area (Å²) >= 11 is 0. The fourth-order valence-corrected chi connectivity index (χ4v) is 1.49. The molecule has 0 N–H and O–H groups in total. The number of hydrogen-bond acceptors (Lipinski definition) is 4. The van der Waals surface area contributed by atoms with Crippen LogP contribution in [0, 0.1) is 11.3 Å². The Morgan fingerprint density at radius 2 is 2.31 bits per heavy atom. The van der Waals surface area contributed by atoms with Gasteiger partial charge >= 0.3 is 0 Å². The van der Waals surface area contributed by atoms with Crippen LogP contribution in [-0.2, 0) is 11.3 Å². The summed E-state index contributed by atoms with van der Waals surface area (Å²) in [4.78, 5) is 25.9. The molecule has 1 aromatic carbocycles. The van der Waals surface area contributed by atoms with Crippen LogP contribution < -0.4 is 5.56 Å². The average Bonchev–Trinajstić information content (AvgIpc) is 2.32. The van der Waals surface area contributed by atoms with Crippen LogP contribution in [-0.4, -0.2) is 15.8 Å². The molecule has 2 aromatic rings. The number of benzene rings is 1. The second-order valence-corrected chi connectivity index (χ2v) is 3.19. The van der Waals surface area contributed by atoms with E-state index in [1.54, 1.807) is 18.2 Å². The molecule has 5 nitrogen and oxygen atoms in total. The number of fused-ring (bicyclic) bond motifs is 1. The van der Waals surface area contributed by atoms with Gasteiger partial charge in [-0.3, -0.25) is 9.36 Å². The van der Waals surface area contributed by atoms with Gasteiger partial charge in [-0.1, -0.05) is 0 Å². The monoisotopic (exact) mass is 213 g/mol. The van der Waals surface area contributed by atoms with E-state index in [-0.39, 0.29) is 12.1 Å². The maximum atomic E-state index is 11.5. The number of nitrogens with zero attached hydrogens (tertiary/aromatic N) is 3. The van der Waals surface area contributed by atoms with Crippen molar-refractivity contribution in [2.75, 3.05) is 0 Å². The Balaban J connectivity index is 2.84. The maximum absolute atomic E-state index is 11.5. The number of carbonyl (C=O) groups excluding carboxylic acids is 1. The van der Waals surface area contributed by atoms with Gasteiger partial charge in [0.05, 0.1) is 35.4 Å². The van der Waals surface area contributed by atoms with Gasteiger partial charge in [-0.2, -0.15) is 5.26 Å². The zero-order valence-corrected chi connectivity index (χ0v) is 8.25. The molecule has 16 heavy (non-hydrogen) atoms. The molecule has 1 aromatic heterocycles. The fraction of sp³-hybridized carbons (Fsp3) is 0.0909. The van der Waals surface area contributed by atoms with Gasteiger partial charge in [-0.15, -0.1) is 0 Å². The Morgan fingerprint density at radius 1 is 1.50 bits per heavy atom. The minimum atomic E-state index is -0.352. The van der Waals surface area contributed by atoms with Crippen molar-refractivity contribution in [3.8, 4) is 6.07 Å². The van der Waals surface area contributed by atoms with Crippen molar-refractivity contribution < 1.29 is 4.79 Å². The highest BCUT2D eigenvalue weighted by molar-refractivity contribution is 5.77. The Morgan fingerprint density at radius 3 is 3.00 bits per heavy atom. The average molecular weight is 213 g/mol. The molecule has 0 unspecified atom stereocenters. The molecule has 0 saturated carbocycles. The summed E-state index contributed by atoms with van der Waals surface area (Å²) < 4.78 is 1.29. The second kappa shape index (κ2) is 3.95. The van der Waals surface area contributed by atoms with E-state index in [1.807, 2.05) is 6.07 Å². The Kier molecular flexibility index (Phi) is 2.48. The van der Waals surface area contributed by atoms with E-state index in [9.17, 15) is 9.59 Å². The van der Waals surface area contributed by atoms with Crippen molar-refractivity contribution in [1.82, 2.24) is 9.55 Å². The standard InChI is InChI=1S/C11H7N3O2/c12-6-8-1-2-9-10(5-8)14(3-4-15)11(16)7-13-9/h1-2,4-5,7H,3H2. The zero-order valence-electron chi connectivity index (χ0n) is 8.25. The SMILES string of the molecule is N#Cc1ccc2ncc(=O)n(CC=O)c2c1. The molecule has 0 aliphatic heterocycles. The Hall–Kier alpha value is -2.48. The van der Waals surface area contributed by atoms with Gasteiger partial charge in [0.1, 0.15) is 6.29 Å². The van der Waals surface area contributed by atoms with E-state index < -0.39 is 0 Å². The third-order valence-electron chi connectivity index (χ3n) is 2.23. The number of hydrogen-bond donors (Lipinski definition) is 0. The van der Waals surface area contributed by atoms with E-state index in [4.69, 9.17) is 5.26 Å². The topological polar surface area (TPSA) is 75.8 Å². The van der Waals surface area contributed by atoms with Gasteiger partial charge < -0.3 is 4.79 Å². The first-order valence-electron chi connectivity index (χ1n) is 4.59. The summed E-state index contributed by atoms with van der Waals surface area (Å²) in [5, 5.41) is 8.76. The van der Waals surface area contributed by atoms with Crippen molar-refractivity contribution in [2.24, 2.45) is 0 Å². The molecule has 1 heterocycles. The number of aldehydes is 1. The molecule has 78 valence electrons. The van der Waals surface area contributed by atoms with Crippen LogP contribution >= 0.6 is 0 Å². The third kappa shape index (κ3) is 1.57. The number of carbonyl (C=O) groups is 1. The second-order valence-electron chi connectivity index (χ2n) is 3.19. The van der Waals surface area contributed by atoms with Crippen LogP contribution in [0.15, 0.2) is 29.2 Å². The molecule has 0 amide bonds. The number of nitriles is 1. The van der Waals surface area contributed by atoms with Gasteiger partial charge in [0.2, 0.25) is 0 Å². The Labute approximate surface area is 90.6 Å². The molecular weight excluding hydrogens is 206 g/mol. The lowest BCUT2D eigenvalue weighted by atomic mass is 10.2. The zero-order chi connectivity index (χ0) is 11.5. The summed E-state index contributed by atoms with van der Waals surface area (Å²) in [6, 6.07) is 6.79. The first-order chi connectivity index (χ1) is 7.76. The van der Waals surface area contributed by atoms with E-state index in [0.717, 1.165) is 6.20 Å². The number of rotatable bonds is 2. The molecular formula is C11H7N3O2. The fourth-order valence-electron chi connectivity index (χ4n) is 1.49. The molecule has 0 atom stereocenters. The molecule has 0 bridgehead atoms. The molecule has 5 heteroatoms. The summed E-state index contributed by atoms with van der Waals surface area (Å²) in [5.41, 5.74) is 1.16. The van der Waals surface area contributed by atoms with Crippen molar-refractivity contribution in [2.45, 2.75) is 6.54 Å². The van der Waals surface area contributed by atoms with Gasteiger partial charge in [0, 0.05) is 0 Å². The quantitative estimate of drug-likeness (QED) is 0.679. The van der Waals surface area contributed by atoms with Crippen LogP contribution in [0.4, 0.5) is 0 Å². The van der Waals surface area contributed by atoms with Gasteiger partial charge in [-0.05, 0) is 18.2 Å². The molecule has 2 rings (SSSR count). The maximum Gasteiger partial charge on any atom is 0.269 e. The smallest absolute Gasteiger partial charge is 0.269 e. The summed E-state index contributed by atoms with van der Waals surface area (Å²) in [7, 11) is 0. The lowest BCUT2D eigenvalue weighted by Gasteiger charge is -2.05. The summed E-state index contributed by atoms with van der Waals surface area (Å²) in [6.07, 6.45) is 1.80. The highest BCUT2D eigenvalue weighted by atomic mass is 16.1. The first-order valence-corrected chi connectivity index (χ1v) is 4.59. The highest BCUT2D eigenvalue weighted by Crippen LogP contribution is 2.11. The van der Waals surface area contributed by atoms with Crippen molar-refractivity contribution in [1.29, 1.82) is 5.26 Å². The molecule has 0 fully saturated rings. The van der Waals surface area contributed by atoms with E-state index in [1.165, 1.54) is 4.57 Å². The Bertz CT molecular complexity index is 652. The first kappa shape index (κ1) is 10.1. The molecule has 0 saturated heterocycles. The van der Waals surface area contributed by atoms with Gasteiger partial charge in [0.25, 0.3) is 5.56 Å². The van der Waals surface area contributed by atoms with Crippen LogP contribution in [0.3, 0.4) is 0 Å². The van der Waals surface area contributed by atoms with Crippen molar-refractivity contribution >= 4 is 17.3 Å². The van der Waals surface area contributed by atoms with Crippen LogP contribution in [0.25, 0.3) is 11.0 Å². The van der Waals surface area contributed by atoms with E-state index >= 15 is 0 Å². The van der Waals surface area contributed by atoms with Crippen LogP contribution in [0.1, 0.15) is 5.56 Å². The normalized spacial score (nSPS) is 9.94. The molecule has 0 aliphatic carbocycles. The van der Waals surface area contributed by atoms with Crippen molar-refractivity contribution in [3.63, 3.8) is 0 Å². The summed E-state index contributed by atoms with van der Waals surface area (Å²) in [5.74, 6) is 0. The number of aromatic nitrogens is 2. The minimum absolute atomic E-state index is 0.0350. The molecule has 0 radical (unpaired) electrons. The molecule has 0 aliphatic rings.